The fourth-order valence-corrected chi connectivity index (χ4v) is 4.07. The summed E-state index contributed by atoms with van der Waals surface area (Å²) in [6.07, 6.45) is 0. The minimum absolute atomic E-state index is 0.0329. The molecule has 1 aliphatic heterocycles. The Morgan fingerprint density at radius 1 is 1.76 bits per heavy atom. The predicted molar refractivity (Wildman–Crippen MR) is 71.0 cm³/mol. The van der Waals surface area contributed by atoms with Crippen molar-refractivity contribution in [2.24, 2.45) is 0 Å². The van der Waals surface area contributed by atoms with E-state index in [0.29, 0.717) is 15.2 Å². The molecular formula is C10H7IN2O3S. The highest BCUT2D eigenvalue weighted by molar-refractivity contribution is 14.1. The standard InChI is InChI=1S/C10H7IN2O3S/c11-2-6-4-17-9-5(3-12)1-7(10(15)16)8(14)13(6)9/h1,6H,2,4H2,(H,15,16)/t6-/m1/s1. The van der Waals surface area contributed by atoms with Crippen LogP contribution in [0.2, 0.25) is 0 Å². The van der Waals surface area contributed by atoms with Gasteiger partial charge in [0.05, 0.1) is 16.6 Å². The Labute approximate surface area is 115 Å². The summed E-state index contributed by atoms with van der Waals surface area (Å²) in [4.78, 5) is 22.9. The van der Waals surface area contributed by atoms with Gasteiger partial charge in [0.1, 0.15) is 11.6 Å². The second-order valence-corrected chi connectivity index (χ2v) is 5.38. The highest BCUT2D eigenvalue weighted by atomic mass is 127. The zero-order valence-electron chi connectivity index (χ0n) is 8.51. The van der Waals surface area contributed by atoms with Crippen molar-refractivity contribution in [3.63, 3.8) is 0 Å². The molecule has 1 N–H and O–H groups in total. The smallest absolute Gasteiger partial charge is 0.341 e. The Kier molecular flexibility index (Phi) is 3.44. The van der Waals surface area contributed by atoms with Crippen LogP contribution in [-0.4, -0.2) is 25.8 Å². The van der Waals surface area contributed by atoms with E-state index in [0.717, 1.165) is 0 Å². The first-order valence-corrected chi connectivity index (χ1v) is 7.23. The number of fused-ring (bicyclic) bond motifs is 1. The SMILES string of the molecule is N#Cc1cc(C(=O)O)c(=O)n2c1SC[C@H]2CI. The van der Waals surface area contributed by atoms with E-state index >= 15 is 0 Å². The van der Waals surface area contributed by atoms with E-state index in [-0.39, 0.29) is 17.2 Å². The normalized spacial score (nSPS) is 17.5. The molecule has 1 aromatic rings. The van der Waals surface area contributed by atoms with E-state index < -0.39 is 11.5 Å². The summed E-state index contributed by atoms with van der Waals surface area (Å²) in [6.45, 7) is 0. The molecule has 2 rings (SSSR count). The van der Waals surface area contributed by atoms with Crippen molar-refractivity contribution in [2.75, 3.05) is 10.2 Å². The summed E-state index contributed by atoms with van der Waals surface area (Å²) in [7, 11) is 0. The number of rotatable bonds is 2. The molecule has 1 atom stereocenters. The number of hydrogen-bond donors (Lipinski definition) is 1. The molecule has 88 valence electrons. The predicted octanol–water partition coefficient (Wildman–Crippen LogP) is 1.50. The summed E-state index contributed by atoms with van der Waals surface area (Å²) < 4.78 is 2.16. The van der Waals surface area contributed by atoms with Crippen LogP contribution >= 0.6 is 34.4 Å². The Balaban J connectivity index is 2.77. The number of nitrogens with zero attached hydrogens (tertiary/aromatic N) is 2. The number of carboxylic acid groups (broad SMARTS) is 1. The maximum atomic E-state index is 12.0. The van der Waals surface area contributed by atoms with Gasteiger partial charge in [-0.2, -0.15) is 5.26 Å². The number of hydrogen-bond acceptors (Lipinski definition) is 4. The van der Waals surface area contributed by atoms with Crippen molar-refractivity contribution in [2.45, 2.75) is 11.1 Å². The lowest BCUT2D eigenvalue weighted by atomic mass is 10.2. The van der Waals surface area contributed by atoms with Gasteiger partial charge in [-0.05, 0) is 6.07 Å². The van der Waals surface area contributed by atoms with Gasteiger partial charge in [-0.25, -0.2) is 4.79 Å². The second kappa shape index (κ2) is 4.70. The molecule has 2 heterocycles. The molecule has 17 heavy (non-hydrogen) atoms. The Morgan fingerprint density at radius 2 is 2.47 bits per heavy atom. The summed E-state index contributed by atoms with van der Waals surface area (Å²) in [5.74, 6) is -0.582. The maximum Gasteiger partial charge on any atom is 0.341 e. The molecule has 0 radical (unpaired) electrons. The van der Waals surface area contributed by atoms with Gasteiger partial charge in [0.2, 0.25) is 0 Å². The van der Waals surface area contributed by atoms with Gasteiger partial charge < -0.3 is 5.11 Å². The van der Waals surface area contributed by atoms with E-state index in [9.17, 15) is 9.59 Å². The highest BCUT2D eigenvalue weighted by Crippen LogP contribution is 2.35. The van der Waals surface area contributed by atoms with E-state index in [1.807, 2.05) is 6.07 Å². The number of carbonyl (C=O) groups is 1. The summed E-state index contributed by atoms with van der Waals surface area (Å²) >= 11 is 3.58. The third kappa shape index (κ3) is 1.95. The molecule has 5 nitrogen and oxygen atoms in total. The molecule has 0 saturated heterocycles. The average Bonchev–Trinajstić information content (AvgIpc) is 2.73. The fraction of sp³-hybridized carbons (Fsp3) is 0.300. The van der Waals surface area contributed by atoms with Crippen molar-refractivity contribution >= 4 is 40.3 Å². The third-order valence-electron chi connectivity index (χ3n) is 2.49. The lowest BCUT2D eigenvalue weighted by Gasteiger charge is -2.11. The first-order chi connectivity index (χ1) is 8.10. The van der Waals surface area contributed by atoms with Crippen molar-refractivity contribution in [3.05, 3.63) is 27.5 Å². The molecule has 0 unspecified atom stereocenters. The van der Waals surface area contributed by atoms with Crippen LogP contribution in [0.1, 0.15) is 22.0 Å². The molecule has 0 bridgehead atoms. The van der Waals surface area contributed by atoms with Gasteiger partial charge in [0.25, 0.3) is 5.56 Å². The van der Waals surface area contributed by atoms with Gasteiger partial charge in [0, 0.05) is 10.2 Å². The zero-order valence-corrected chi connectivity index (χ0v) is 11.5. The molecule has 7 heteroatoms. The first-order valence-electron chi connectivity index (χ1n) is 4.71. The maximum absolute atomic E-state index is 12.0. The summed E-state index contributed by atoms with van der Waals surface area (Å²) in [5.41, 5.74) is -0.583. The van der Waals surface area contributed by atoms with Crippen LogP contribution in [0.25, 0.3) is 0 Å². The number of carboxylic acids is 1. The van der Waals surface area contributed by atoms with Crippen LogP contribution < -0.4 is 5.56 Å². The Bertz CT molecular complexity index is 590. The number of aromatic nitrogens is 1. The van der Waals surface area contributed by atoms with Gasteiger partial charge in [-0.15, -0.1) is 11.8 Å². The van der Waals surface area contributed by atoms with Crippen molar-refractivity contribution in [1.82, 2.24) is 4.57 Å². The van der Waals surface area contributed by atoms with Gasteiger partial charge in [-0.1, -0.05) is 22.6 Å². The zero-order chi connectivity index (χ0) is 12.6. The molecule has 0 spiro atoms. The van der Waals surface area contributed by atoms with E-state index in [1.54, 1.807) is 0 Å². The molecule has 0 amide bonds. The van der Waals surface area contributed by atoms with E-state index in [2.05, 4.69) is 22.6 Å². The molecule has 0 saturated carbocycles. The first kappa shape index (κ1) is 12.4. The highest BCUT2D eigenvalue weighted by Gasteiger charge is 2.28. The Hall–Kier alpha value is -1.01. The number of pyridine rings is 1. The van der Waals surface area contributed by atoms with Gasteiger partial charge >= 0.3 is 5.97 Å². The molecule has 0 fully saturated rings. The number of alkyl halides is 1. The van der Waals surface area contributed by atoms with Crippen LogP contribution in [0.4, 0.5) is 0 Å². The van der Waals surface area contributed by atoms with Crippen LogP contribution in [0.5, 0.6) is 0 Å². The molecule has 0 aliphatic carbocycles. The molecule has 1 aliphatic rings. The molecular weight excluding hydrogens is 355 g/mol. The van der Waals surface area contributed by atoms with Crippen LogP contribution in [0.15, 0.2) is 15.9 Å². The van der Waals surface area contributed by atoms with Crippen LogP contribution in [0.3, 0.4) is 0 Å². The largest absolute Gasteiger partial charge is 0.477 e. The van der Waals surface area contributed by atoms with Crippen molar-refractivity contribution in [3.8, 4) is 6.07 Å². The fourth-order valence-electron chi connectivity index (χ4n) is 1.70. The average molecular weight is 362 g/mol. The topological polar surface area (TPSA) is 83.1 Å². The molecule has 1 aromatic heterocycles. The van der Waals surface area contributed by atoms with Crippen LogP contribution in [0, 0.1) is 11.3 Å². The van der Waals surface area contributed by atoms with Crippen molar-refractivity contribution < 1.29 is 9.90 Å². The van der Waals surface area contributed by atoms with Gasteiger partial charge in [-0.3, -0.25) is 9.36 Å². The summed E-state index contributed by atoms with van der Waals surface area (Å²) in [5, 5.41) is 18.5. The van der Waals surface area contributed by atoms with E-state index in [4.69, 9.17) is 10.4 Å². The second-order valence-electron chi connectivity index (χ2n) is 3.49. The number of aromatic carboxylic acids is 1. The van der Waals surface area contributed by atoms with Crippen molar-refractivity contribution in [1.29, 1.82) is 5.26 Å². The number of thioether (sulfide) groups is 1. The minimum atomic E-state index is -1.29. The molecule has 0 aromatic carbocycles. The van der Waals surface area contributed by atoms with Gasteiger partial charge in [0.15, 0.2) is 0 Å². The minimum Gasteiger partial charge on any atom is -0.477 e. The van der Waals surface area contributed by atoms with Crippen LogP contribution in [-0.2, 0) is 0 Å². The van der Waals surface area contributed by atoms with E-state index in [1.165, 1.54) is 22.4 Å². The quantitative estimate of drug-likeness (QED) is 0.637. The lowest BCUT2D eigenvalue weighted by molar-refractivity contribution is 0.0694. The number of halogens is 1. The third-order valence-corrected chi connectivity index (χ3v) is 4.75. The Morgan fingerprint density at radius 3 is 3.00 bits per heavy atom. The summed E-state index contributed by atoms with van der Waals surface area (Å²) in [6, 6.07) is 3.08. The number of nitriles is 1. The monoisotopic (exact) mass is 362 g/mol. The lowest BCUT2D eigenvalue weighted by Crippen LogP contribution is -2.29.